The SMILES string of the molecule is CCCCCOc1ccc(C2C(C#N)=C(N)Oc3cc(OC(=O)Cc4cccc5ccccc45)ccc32)cc1. The molecule has 2 N–H and O–H groups in total. The minimum absolute atomic E-state index is 0.0362. The second-order valence-electron chi connectivity index (χ2n) is 9.54. The van der Waals surface area contributed by atoms with Crippen LogP contribution in [0.2, 0.25) is 0 Å². The largest absolute Gasteiger partial charge is 0.494 e. The van der Waals surface area contributed by atoms with Gasteiger partial charge in [0.25, 0.3) is 0 Å². The summed E-state index contributed by atoms with van der Waals surface area (Å²) in [5.74, 6) is 0.830. The Morgan fingerprint density at radius 3 is 2.54 bits per heavy atom. The molecule has 0 amide bonds. The third-order valence-corrected chi connectivity index (χ3v) is 6.87. The van der Waals surface area contributed by atoms with Crippen LogP contribution in [-0.2, 0) is 11.2 Å². The fourth-order valence-electron chi connectivity index (χ4n) is 4.91. The zero-order valence-corrected chi connectivity index (χ0v) is 21.9. The average molecular weight is 519 g/mol. The van der Waals surface area contributed by atoms with E-state index < -0.39 is 5.92 Å². The van der Waals surface area contributed by atoms with Gasteiger partial charge in [-0.2, -0.15) is 5.26 Å². The highest BCUT2D eigenvalue weighted by molar-refractivity contribution is 5.89. The summed E-state index contributed by atoms with van der Waals surface area (Å²) in [7, 11) is 0. The fourth-order valence-corrected chi connectivity index (χ4v) is 4.91. The number of carbonyl (C=O) groups is 1. The average Bonchev–Trinajstić information content (AvgIpc) is 2.95. The lowest BCUT2D eigenvalue weighted by molar-refractivity contribution is -0.133. The first-order valence-electron chi connectivity index (χ1n) is 13.2. The van der Waals surface area contributed by atoms with Crippen molar-refractivity contribution in [1.82, 2.24) is 0 Å². The molecule has 1 atom stereocenters. The predicted molar refractivity (Wildman–Crippen MR) is 150 cm³/mol. The predicted octanol–water partition coefficient (Wildman–Crippen LogP) is 6.78. The van der Waals surface area contributed by atoms with Gasteiger partial charge >= 0.3 is 5.97 Å². The van der Waals surface area contributed by atoms with Gasteiger partial charge in [0.2, 0.25) is 5.88 Å². The molecule has 1 unspecified atom stereocenters. The van der Waals surface area contributed by atoms with Gasteiger partial charge in [-0.3, -0.25) is 4.79 Å². The van der Waals surface area contributed by atoms with Gasteiger partial charge in [-0.15, -0.1) is 0 Å². The number of hydrogen-bond acceptors (Lipinski definition) is 6. The van der Waals surface area contributed by atoms with Crippen molar-refractivity contribution in [2.45, 2.75) is 38.5 Å². The molecular weight excluding hydrogens is 488 g/mol. The van der Waals surface area contributed by atoms with Crippen molar-refractivity contribution in [2.24, 2.45) is 5.73 Å². The Kier molecular flexibility index (Phi) is 7.79. The summed E-state index contributed by atoms with van der Waals surface area (Å²) in [5.41, 5.74) is 9.06. The van der Waals surface area contributed by atoms with Crippen molar-refractivity contribution in [1.29, 1.82) is 5.26 Å². The lowest BCUT2D eigenvalue weighted by Crippen LogP contribution is -2.21. The smallest absolute Gasteiger partial charge is 0.315 e. The van der Waals surface area contributed by atoms with Crippen LogP contribution in [-0.4, -0.2) is 12.6 Å². The van der Waals surface area contributed by atoms with Gasteiger partial charge in [-0.05, 0) is 46.5 Å². The fraction of sp³-hybridized carbons (Fsp3) is 0.212. The van der Waals surface area contributed by atoms with Crippen LogP contribution in [0.4, 0.5) is 0 Å². The summed E-state index contributed by atoms with van der Waals surface area (Å²) < 4.78 is 17.3. The quantitative estimate of drug-likeness (QED) is 0.149. The van der Waals surface area contributed by atoms with E-state index in [0.717, 1.165) is 52.5 Å². The Bertz CT molecular complexity index is 1560. The Morgan fingerprint density at radius 1 is 0.974 bits per heavy atom. The summed E-state index contributed by atoms with van der Waals surface area (Å²) in [5, 5.41) is 12.0. The van der Waals surface area contributed by atoms with Crippen molar-refractivity contribution in [2.75, 3.05) is 6.61 Å². The Balaban J connectivity index is 1.35. The number of carbonyl (C=O) groups excluding carboxylic acids is 1. The number of rotatable bonds is 9. The van der Waals surface area contributed by atoms with Crippen LogP contribution in [0.5, 0.6) is 17.2 Å². The molecule has 0 radical (unpaired) electrons. The molecule has 0 fully saturated rings. The molecule has 1 aliphatic rings. The van der Waals surface area contributed by atoms with Gasteiger partial charge in [0.1, 0.15) is 28.9 Å². The summed E-state index contributed by atoms with van der Waals surface area (Å²) >= 11 is 0. The van der Waals surface area contributed by atoms with Gasteiger partial charge in [-0.25, -0.2) is 0 Å². The lowest BCUT2D eigenvalue weighted by Gasteiger charge is -2.26. The number of ether oxygens (including phenoxy) is 3. The molecule has 0 bridgehead atoms. The molecule has 0 aromatic heterocycles. The van der Waals surface area contributed by atoms with E-state index in [4.69, 9.17) is 19.9 Å². The van der Waals surface area contributed by atoms with Crippen molar-refractivity contribution in [3.63, 3.8) is 0 Å². The Hall–Kier alpha value is -4.76. The number of nitriles is 1. The molecule has 0 saturated heterocycles. The third-order valence-electron chi connectivity index (χ3n) is 6.87. The van der Waals surface area contributed by atoms with Gasteiger partial charge in [0.05, 0.1) is 18.9 Å². The van der Waals surface area contributed by atoms with Crippen LogP contribution in [0.1, 0.15) is 48.8 Å². The minimum atomic E-state index is -0.409. The van der Waals surface area contributed by atoms with Crippen molar-refractivity contribution in [3.8, 4) is 23.3 Å². The summed E-state index contributed by atoms with van der Waals surface area (Å²) in [4.78, 5) is 12.8. The maximum Gasteiger partial charge on any atom is 0.315 e. The molecular formula is C33H30N2O4. The van der Waals surface area contributed by atoms with E-state index in [9.17, 15) is 10.1 Å². The van der Waals surface area contributed by atoms with Crippen molar-refractivity contribution in [3.05, 3.63) is 113 Å². The number of allylic oxidation sites excluding steroid dienone is 1. The maximum atomic E-state index is 12.8. The third kappa shape index (κ3) is 5.73. The van der Waals surface area contributed by atoms with E-state index in [-0.39, 0.29) is 18.3 Å². The Labute approximate surface area is 228 Å². The summed E-state index contributed by atoms with van der Waals surface area (Å²) in [6.45, 7) is 2.83. The number of unbranched alkanes of at least 4 members (excludes halogenated alkanes) is 2. The first-order chi connectivity index (χ1) is 19.1. The van der Waals surface area contributed by atoms with Crippen LogP contribution in [0.15, 0.2) is 96.4 Å². The first-order valence-corrected chi connectivity index (χ1v) is 13.2. The molecule has 6 heteroatoms. The zero-order chi connectivity index (χ0) is 27.2. The monoisotopic (exact) mass is 518 g/mol. The highest BCUT2D eigenvalue weighted by Gasteiger charge is 2.31. The molecule has 4 aromatic rings. The first kappa shape index (κ1) is 25.9. The molecule has 0 saturated carbocycles. The number of hydrogen-bond donors (Lipinski definition) is 1. The number of nitrogens with zero attached hydrogens (tertiary/aromatic N) is 1. The normalized spacial score (nSPS) is 14.3. The molecule has 4 aromatic carbocycles. The van der Waals surface area contributed by atoms with E-state index in [1.165, 1.54) is 0 Å². The van der Waals surface area contributed by atoms with E-state index in [1.807, 2.05) is 72.8 Å². The van der Waals surface area contributed by atoms with Crippen LogP contribution >= 0.6 is 0 Å². The number of benzene rings is 4. The highest BCUT2D eigenvalue weighted by atomic mass is 16.5. The number of esters is 1. The van der Waals surface area contributed by atoms with Gasteiger partial charge in [-0.1, -0.05) is 80.4 Å². The summed E-state index contributed by atoms with van der Waals surface area (Å²) in [6.07, 6.45) is 3.42. The van der Waals surface area contributed by atoms with E-state index >= 15 is 0 Å². The summed E-state index contributed by atoms with van der Waals surface area (Å²) in [6, 6.07) is 28.9. The lowest BCUT2D eigenvalue weighted by atomic mass is 9.83. The zero-order valence-electron chi connectivity index (χ0n) is 21.9. The standard InChI is InChI=1S/C33H30N2O4/c1-2-3-6-18-37-25-14-12-23(13-15-25)32-28-17-16-26(20-30(28)39-33(35)29(32)21-34)38-31(36)19-24-10-7-9-22-8-4-5-11-27(22)24/h4-5,7-17,20,32H,2-3,6,18-19,35H2,1H3. The topological polar surface area (TPSA) is 94.6 Å². The van der Waals surface area contributed by atoms with E-state index in [2.05, 4.69) is 13.0 Å². The molecule has 1 aliphatic heterocycles. The van der Waals surface area contributed by atoms with Crippen molar-refractivity contribution >= 4 is 16.7 Å². The van der Waals surface area contributed by atoms with E-state index in [0.29, 0.717) is 23.7 Å². The molecule has 5 rings (SSSR count). The van der Waals surface area contributed by atoms with E-state index in [1.54, 1.807) is 12.1 Å². The second kappa shape index (κ2) is 11.7. The Morgan fingerprint density at radius 2 is 1.74 bits per heavy atom. The molecule has 196 valence electrons. The molecule has 0 aliphatic carbocycles. The maximum absolute atomic E-state index is 12.8. The van der Waals surface area contributed by atoms with Crippen molar-refractivity contribution < 1.29 is 19.0 Å². The van der Waals surface area contributed by atoms with Gasteiger partial charge in [0.15, 0.2) is 0 Å². The van der Waals surface area contributed by atoms with Crippen LogP contribution in [0.25, 0.3) is 10.8 Å². The minimum Gasteiger partial charge on any atom is -0.494 e. The second-order valence-corrected chi connectivity index (χ2v) is 9.54. The highest BCUT2D eigenvalue weighted by Crippen LogP contribution is 2.43. The molecule has 0 spiro atoms. The molecule has 39 heavy (non-hydrogen) atoms. The van der Waals surface area contributed by atoms with Gasteiger partial charge < -0.3 is 19.9 Å². The number of fused-ring (bicyclic) bond motifs is 2. The molecule has 6 nitrogen and oxygen atoms in total. The van der Waals surface area contributed by atoms with Gasteiger partial charge in [0, 0.05) is 11.6 Å². The van der Waals surface area contributed by atoms with Crippen LogP contribution in [0.3, 0.4) is 0 Å². The number of nitrogens with two attached hydrogens (primary N) is 1. The van der Waals surface area contributed by atoms with Crippen LogP contribution < -0.4 is 19.9 Å². The van der Waals surface area contributed by atoms with Crippen LogP contribution in [0, 0.1) is 11.3 Å². The molecule has 1 heterocycles.